The predicted molar refractivity (Wildman–Crippen MR) is 48.6 cm³/mol. The molecule has 0 bridgehead atoms. The van der Waals surface area contributed by atoms with Gasteiger partial charge in [0.05, 0.1) is 0 Å². The summed E-state index contributed by atoms with van der Waals surface area (Å²) in [5, 5.41) is 4.02. The molecule has 2 atom stereocenters. The van der Waals surface area contributed by atoms with E-state index in [1.165, 1.54) is 6.42 Å². The second-order valence-electron chi connectivity index (χ2n) is 3.47. The van der Waals surface area contributed by atoms with Crippen molar-refractivity contribution in [2.75, 3.05) is 13.1 Å². The minimum absolute atomic E-state index is 0.626. The zero-order chi connectivity index (χ0) is 7.56. The Morgan fingerprint density at radius 2 is 2.20 bits per heavy atom. The fraction of sp³-hybridized carbons (Fsp3) is 1.00. The zero-order valence-corrected chi connectivity index (χ0v) is 7.70. The van der Waals surface area contributed by atoms with Gasteiger partial charge >= 0.3 is 0 Å². The minimum atomic E-state index is 0.626. The average Bonchev–Trinajstić information content (AvgIpc) is 1.88. The van der Waals surface area contributed by atoms with Crippen molar-refractivity contribution in [1.82, 2.24) is 5.32 Å². The number of rotatable bonds is 1. The van der Waals surface area contributed by atoms with Gasteiger partial charge in [0.1, 0.15) is 0 Å². The van der Waals surface area contributed by atoms with Crippen molar-refractivity contribution in [3.8, 4) is 0 Å². The molecule has 1 rings (SSSR count). The van der Waals surface area contributed by atoms with Crippen LogP contribution >= 0.6 is 12.6 Å². The first-order valence-electron chi connectivity index (χ1n) is 4.10. The van der Waals surface area contributed by atoms with Gasteiger partial charge in [0.15, 0.2) is 0 Å². The van der Waals surface area contributed by atoms with Crippen molar-refractivity contribution in [3.63, 3.8) is 0 Å². The second kappa shape index (κ2) is 3.63. The number of thiol groups is 1. The van der Waals surface area contributed by atoms with E-state index in [-0.39, 0.29) is 0 Å². The van der Waals surface area contributed by atoms with Crippen molar-refractivity contribution in [2.45, 2.75) is 25.5 Å². The third kappa shape index (κ3) is 1.89. The SMILES string of the molecule is CC(C)C1CNCCC1S. The fourth-order valence-corrected chi connectivity index (χ4v) is 2.13. The van der Waals surface area contributed by atoms with Gasteiger partial charge in [-0.3, -0.25) is 0 Å². The van der Waals surface area contributed by atoms with Crippen LogP contribution in [0.3, 0.4) is 0 Å². The first kappa shape index (κ1) is 8.41. The quantitative estimate of drug-likeness (QED) is 0.553. The van der Waals surface area contributed by atoms with Crippen LogP contribution in [0.5, 0.6) is 0 Å². The predicted octanol–water partition coefficient (Wildman–Crippen LogP) is 1.55. The fourth-order valence-electron chi connectivity index (χ4n) is 1.55. The van der Waals surface area contributed by atoms with Gasteiger partial charge in [-0.1, -0.05) is 13.8 Å². The Bertz CT molecular complexity index is 103. The van der Waals surface area contributed by atoms with Gasteiger partial charge in [0, 0.05) is 5.25 Å². The summed E-state index contributed by atoms with van der Waals surface area (Å²) in [7, 11) is 0. The molecule has 1 N–H and O–H groups in total. The van der Waals surface area contributed by atoms with Crippen molar-refractivity contribution in [1.29, 1.82) is 0 Å². The summed E-state index contributed by atoms with van der Waals surface area (Å²) in [6.45, 7) is 6.87. The van der Waals surface area contributed by atoms with Crippen LogP contribution in [0.2, 0.25) is 0 Å². The first-order chi connectivity index (χ1) is 4.72. The Hall–Kier alpha value is 0.310. The van der Waals surface area contributed by atoms with E-state index in [1.54, 1.807) is 0 Å². The van der Waals surface area contributed by atoms with Gasteiger partial charge in [0.25, 0.3) is 0 Å². The molecule has 1 nitrogen and oxygen atoms in total. The maximum Gasteiger partial charge on any atom is 0.00717 e. The van der Waals surface area contributed by atoms with Crippen LogP contribution in [-0.4, -0.2) is 18.3 Å². The van der Waals surface area contributed by atoms with Gasteiger partial charge in [-0.15, -0.1) is 0 Å². The van der Waals surface area contributed by atoms with Crippen LogP contribution < -0.4 is 5.32 Å². The molecule has 60 valence electrons. The molecule has 1 saturated heterocycles. The molecule has 2 heteroatoms. The molecule has 1 heterocycles. The van der Waals surface area contributed by atoms with Gasteiger partial charge in [-0.25, -0.2) is 0 Å². The van der Waals surface area contributed by atoms with Crippen molar-refractivity contribution >= 4 is 12.6 Å². The van der Waals surface area contributed by atoms with Gasteiger partial charge in [-0.2, -0.15) is 12.6 Å². The Morgan fingerprint density at radius 3 is 2.60 bits per heavy atom. The maximum atomic E-state index is 4.56. The molecule has 1 aliphatic heterocycles. The third-order valence-corrected chi connectivity index (χ3v) is 2.99. The molecule has 0 amide bonds. The van der Waals surface area contributed by atoms with E-state index in [0.717, 1.165) is 24.9 Å². The highest BCUT2D eigenvalue weighted by Gasteiger charge is 2.23. The van der Waals surface area contributed by atoms with E-state index in [2.05, 4.69) is 31.8 Å². The first-order valence-corrected chi connectivity index (χ1v) is 4.62. The molecule has 0 aromatic carbocycles. The molecule has 2 unspecified atom stereocenters. The topological polar surface area (TPSA) is 12.0 Å². The van der Waals surface area contributed by atoms with E-state index in [1.807, 2.05) is 0 Å². The molecular weight excluding hydrogens is 142 g/mol. The maximum absolute atomic E-state index is 4.56. The monoisotopic (exact) mass is 159 g/mol. The lowest BCUT2D eigenvalue weighted by Crippen LogP contribution is -2.39. The molecule has 1 fully saturated rings. The summed E-state index contributed by atoms with van der Waals surface area (Å²) < 4.78 is 0. The average molecular weight is 159 g/mol. The number of hydrogen-bond acceptors (Lipinski definition) is 2. The normalized spacial score (nSPS) is 34.8. The number of hydrogen-bond donors (Lipinski definition) is 2. The Labute approximate surface area is 69.0 Å². The summed E-state index contributed by atoms with van der Waals surface area (Å²) in [6, 6.07) is 0. The number of piperidine rings is 1. The standard InChI is InChI=1S/C8H17NS/c1-6(2)7-5-9-4-3-8(7)10/h6-10H,3-5H2,1-2H3. The van der Waals surface area contributed by atoms with Crippen molar-refractivity contribution in [2.24, 2.45) is 11.8 Å². The van der Waals surface area contributed by atoms with Crippen LogP contribution in [0.1, 0.15) is 20.3 Å². The van der Waals surface area contributed by atoms with Crippen LogP contribution in [0, 0.1) is 11.8 Å². The molecular formula is C8H17NS. The minimum Gasteiger partial charge on any atom is -0.316 e. The molecule has 0 aromatic heterocycles. The molecule has 0 spiro atoms. The van der Waals surface area contributed by atoms with Gasteiger partial charge in [0.2, 0.25) is 0 Å². The van der Waals surface area contributed by atoms with Crippen LogP contribution in [0.15, 0.2) is 0 Å². The van der Waals surface area contributed by atoms with E-state index in [4.69, 9.17) is 0 Å². The molecule has 1 aliphatic rings. The highest BCUT2D eigenvalue weighted by molar-refractivity contribution is 7.81. The van der Waals surface area contributed by atoms with Crippen molar-refractivity contribution in [3.05, 3.63) is 0 Å². The lowest BCUT2D eigenvalue weighted by atomic mass is 9.88. The molecule has 0 saturated carbocycles. The molecule has 0 aliphatic carbocycles. The Kier molecular flexibility index (Phi) is 3.05. The zero-order valence-electron chi connectivity index (χ0n) is 6.80. The largest absolute Gasteiger partial charge is 0.316 e. The highest BCUT2D eigenvalue weighted by atomic mass is 32.1. The molecule has 0 aromatic rings. The Morgan fingerprint density at radius 1 is 1.50 bits per heavy atom. The third-order valence-electron chi connectivity index (χ3n) is 2.35. The lowest BCUT2D eigenvalue weighted by molar-refractivity contribution is 0.308. The summed E-state index contributed by atoms with van der Waals surface area (Å²) >= 11 is 4.56. The van der Waals surface area contributed by atoms with E-state index in [0.29, 0.717) is 5.25 Å². The second-order valence-corrected chi connectivity index (χ2v) is 4.13. The highest BCUT2D eigenvalue weighted by Crippen LogP contribution is 2.23. The lowest BCUT2D eigenvalue weighted by Gasteiger charge is -2.31. The van der Waals surface area contributed by atoms with Crippen molar-refractivity contribution < 1.29 is 0 Å². The van der Waals surface area contributed by atoms with Crippen LogP contribution in [0.4, 0.5) is 0 Å². The summed E-state index contributed by atoms with van der Waals surface area (Å²) in [4.78, 5) is 0. The van der Waals surface area contributed by atoms with E-state index >= 15 is 0 Å². The summed E-state index contributed by atoms with van der Waals surface area (Å²) in [6.07, 6.45) is 1.23. The molecule has 0 radical (unpaired) electrons. The summed E-state index contributed by atoms with van der Waals surface area (Å²) in [5.41, 5.74) is 0. The molecule has 10 heavy (non-hydrogen) atoms. The Balaban J connectivity index is 2.40. The van der Waals surface area contributed by atoms with Crippen LogP contribution in [0.25, 0.3) is 0 Å². The van der Waals surface area contributed by atoms with E-state index < -0.39 is 0 Å². The van der Waals surface area contributed by atoms with Crippen LogP contribution in [-0.2, 0) is 0 Å². The smallest absolute Gasteiger partial charge is 0.00717 e. The van der Waals surface area contributed by atoms with Gasteiger partial charge in [-0.05, 0) is 31.3 Å². The van der Waals surface area contributed by atoms with Gasteiger partial charge < -0.3 is 5.32 Å². The summed E-state index contributed by atoms with van der Waals surface area (Å²) in [5.74, 6) is 1.55. The number of nitrogens with one attached hydrogen (secondary N) is 1. The van der Waals surface area contributed by atoms with E-state index in [9.17, 15) is 0 Å².